The van der Waals surface area contributed by atoms with Crippen molar-refractivity contribution in [2.45, 2.75) is 38.7 Å². The predicted octanol–water partition coefficient (Wildman–Crippen LogP) is 3.20. The van der Waals surface area contributed by atoms with Crippen LogP contribution in [0.2, 0.25) is 0 Å². The monoisotopic (exact) mass is 327 g/mol. The highest BCUT2D eigenvalue weighted by molar-refractivity contribution is 7.99. The Labute approximate surface area is 134 Å². The number of benzene rings is 1. The van der Waals surface area contributed by atoms with Gasteiger partial charge in [-0.05, 0) is 48.8 Å². The first-order chi connectivity index (χ1) is 10.3. The zero-order valence-corrected chi connectivity index (χ0v) is 13.7. The molecule has 1 aliphatic rings. The maximum absolute atomic E-state index is 15.0. The van der Waals surface area contributed by atoms with Gasteiger partial charge in [0.2, 0.25) is 0 Å². The van der Waals surface area contributed by atoms with Crippen LogP contribution in [-0.2, 0) is 12.0 Å². The smallest absolute Gasteiger partial charge is 0.409 e. The Kier molecular flexibility index (Phi) is 5.34. The quantitative estimate of drug-likeness (QED) is 0.891. The van der Waals surface area contributed by atoms with Gasteiger partial charge < -0.3 is 15.6 Å². The van der Waals surface area contributed by atoms with Crippen LogP contribution in [0.15, 0.2) is 12.1 Å². The second kappa shape index (κ2) is 6.87. The molecule has 22 heavy (non-hydrogen) atoms. The van der Waals surface area contributed by atoms with Gasteiger partial charge in [-0.15, -0.1) is 0 Å². The lowest BCUT2D eigenvalue weighted by Gasteiger charge is -2.33. The number of halogens is 1. The van der Waals surface area contributed by atoms with E-state index in [1.165, 1.54) is 12.1 Å². The van der Waals surface area contributed by atoms with E-state index in [-0.39, 0.29) is 11.7 Å². The number of amides is 1. The number of primary amides is 1. The number of carbonyl (C=O) groups excluding carboxylic acids is 1. The molecule has 0 radical (unpaired) electrons. The van der Waals surface area contributed by atoms with Gasteiger partial charge in [0.05, 0.1) is 5.60 Å². The summed E-state index contributed by atoms with van der Waals surface area (Å²) in [5.74, 6) is 1.43. The number of hydrogen-bond donors (Lipinski definition) is 2. The summed E-state index contributed by atoms with van der Waals surface area (Å²) in [6.07, 6.45) is 0.481. The molecule has 6 heteroatoms. The lowest BCUT2D eigenvalue weighted by molar-refractivity contribution is 0.0243. The molecule has 1 saturated heterocycles. The van der Waals surface area contributed by atoms with E-state index in [0.717, 1.165) is 11.5 Å². The van der Waals surface area contributed by atoms with Crippen LogP contribution >= 0.6 is 11.8 Å². The summed E-state index contributed by atoms with van der Waals surface area (Å²) in [6, 6.07) is 3.04. The zero-order valence-electron chi connectivity index (χ0n) is 12.9. The van der Waals surface area contributed by atoms with Crippen LogP contribution in [0.1, 0.15) is 37.8 Å². The molecule has 0 unspecified atom stereocenters. The van der Waals surface area contributed by atoms with Gasteiger partial charge >= 0.3 is 6.09 Å². The predicted molar refractivity (Wildman–Crippen MR) is 85.6 cm³/mol. The third kappa shape index (κ3) is 3.73. The second-order valence-electron chi connectivity index (χ2n) is 6.07. The van der Waals surface area contributed by atoms with E-state index in [9.17, 15) is 14.3 Å². The number of aliphatic hydroxyl groups is 1. The minimum atomic E-state index is -1.15. The molecule has 1 aromatic rings. The van der Waals surface area contributed by atoms with Crippen LogP contribution in [0.3, 0.4) is 0 Å². The van der Waals surface area contributed by atoms with Crippen LogP contribution in [0.25, 0.3) is 0 Å². The number of hydrogen-bond acceptors (Lipinski definition) is 4. The van der Waals surface area contributed by atoms with Crippen LogP contribution in [0.5, 0.6) is 5.75 Å². The summed E-state index contributed by atoms with van der Waals surface area (Å²) in [7, 11) is 0. The van der Waals surface area contributed by atoms with Crippen LogP contribution in [0.4, 0.5) is 9.18 Å². The van der Waals surface area contributed by atoms with Gasteiger partial charge in [-0.2, -0.15) is 11.8 Å². The number of ether oxygens (including phenoxy) is 1. The maximum atomic E-state index is 15.0. The number of rotatable bonds is 4. The van der Waals surface area contributed by atoms with E-state index < -0.39 is 17.5 Å². The van der Waals surface area contributed by atoms with Crippen molar-refractivity contribution in [1.82, 2.24) is 0 Å². The van der Waals surface area contributed by atoms with Crippen molar-refractivity contribution >= 4 is 17.9 Å². The lowest BCUT2D eigenvalue weighted by atomic mass is 9.85. The van der Waals surface area contributed by atoms with E-state index in [1.807, 2.05) is 13.8 Å². The largest absolute Gasteiger partial charge is 0.410 e. The molecule has 3 N–H and O–H groups in total. The van der Waals surface area contributed by atoms with Crippen LogP contribution < -0.4 is 10.5 Å². The Balaban J connectivity index is 2.46. The minimum Gasteiger partial charge on any atom is -0.410 e. The standard InChI is InChI=1S/C16H22FNO3S/c1-10(2)9-11-13(21-15(18)19)4-3-12(14(11)17)16(20)5-7-22-8-6-16/h3-4,10,20H,5-9H2,1-2H3,(H2,18,19). The fourth-order valence-electron chi connectivity index (χ4n) is 2.74. The molecule has 0 bridgehead atoms. The van der Waals surface area contributed by atoms with Crippen molar-refractivity contribution in [2.75, 3.05) is 11.5 Å². The molecule has 0 aliphatic carbocycles. The van der Waals surface area contributed by atoms with E-state index in [0.29, 0.717) is 30.4 Å². The van der Waals surface area contributed by atoms with E-state index in [2.05, 4.69) is 0 Å². The van der Waals surface area contributed by atoms with Gasteiger partial charge in [-0.25, -0.2) is 9.18 Å². The third-order valence-corrected chi connectivity index (χ3v) is 4.83. The summed E-state index contributed by atoms with van der Waals surface area (Å²) in [4.78, 5) is 11.0. The SMILES string of the molecule is CC(C)Cc1c(OC(N)=O)ccc(C2(O)CCSCC2)c1F. The van der Waals surface area contributed by atoms with Crippen molar-refractivity contribution in [2.24, 2.45) is 11.7 Å². The molecule has 0 aromatic heterocycles. The summed E-state index contributed by atoms with van der Waals surface area (Å²) in [5.41, 5.74) is 4.49. The van der Waals surface area contributed by atoms with E-state index >= 15 is 0 Å². The fraction of sp³-hybridized carbons (Fsp3) is 0.562. The van der Waals surface area contributed by atoms with Crippen molar-refractivity contribution in [3.05, 3.63) is 29.1 Å². The van der Waals surface area contributed by atoms with Gasteiger partial charge in [-0.3, -0.25) is 0 Å². The number of nitrogens with two attached hydrogens (primary N) is 1. The molecule has 122 valence electrons. The van der Waals surface area contributed by atoms with Crippen molar-refractivity contribution in [3.63, 3.8) is 0 Å². The fourth-order valence-corrected chi connectivity index (χ4v) is 3.91. The molecule has 0 spiro atoms. The summed E-state index contributed by atoms with van der Waals surface area (Å²) < 4.78 is 19.9. The first-order valence-electron chi connectivity index (χ1n) is 7.43. The average Bonchev–Trinajstić information content (AvgIpc) is 2.42. The van der Waals surface area contributed by atoms with Crippen LogP contribution in [-0.4, -0.2) is 22.7 Å². The Morgan fingerprint density at radius 2 is 2.09 bits per heavy atom. The molecule has 2 rings (SSSR count). The Morgan fingerprint density at radius 1 is 1.45 bits per heavy atom. The van der Waals surface area contributed by atoms with Gasteiger partial charge in [-0.1, -0.05) is 13.8 Å². The molecule has 1 amide bonds. The van der Waals surface area contributed by atoms with Gasteiger partial charge in [0.25, 0.3) is 0 Å². The van der Waals surface area contributed by atoms with Crippen molar-refractivity contribution < 1.29 is 19.0 Å². The Morgan fingerprint density at radius 3 is 2.64 bits per heavy atom. The van der Waals surface area contributed by atoms with E-state index in [1.54, 1.807) is 11.8 Å². The molecular formula is C16H22FNO3S. The van der Waals surface area contributed by atoms with Gasteiger partial charge in [0.1, 0.15) is 11.6 Å². The topological polar surface area (TPSA) is 72.5 Å². The third-order valence-electron chi connectivity index (χ3n) is 3.84. The summed E-state index contributed by atoms with van der Waals surface area (Å²) in [5, 5.41) is 10.8. The molecule has 1 aliphatic heterocycles. The van der Waals surface area contributed by atoms with Crippen molar-refractivity contribution in [3.8, 4) is 5.75 Å². The number of thioether (sulfide) groups is 1. The van der Waals surface area contributed by atoms with Gasteiger partial charge in [0.15, 0.2) is 0 Å². The highest BCUT2D eigenvalue weighted by Gasteiger charge is 2.35. The number of carbonyl (C=O) groups is 1. The van der Waals surface area contributed by atoms with Crippen LogP contribution in [0, 0.1) is 11.7 Å². The first kappa shape index (κ1) is 17.1. The maximum Gasteiger partial charge on any atom is 0.409 e. The zero-order chi connectivity index (χ0) is 16.3. The molecule has 4 nitrogen and oxygen atoms in total. The molecule has 0 saturated carbocycles. The summed E-state index contributed by atoms with van der Waals surface area (Å²) >= 11 is 1.76. The normalized spacial score (nSPS) is 17.5. The average molecular weight is 327 g/mol. The molecule has 1 fully saturated rings. The van der Waals surface area contributed by atoms with Gasteiger partial charge in [0, 0.05) is 11.1 Å². The first-order valence-corrected chi connectivity index (χ1v) is 8.58. The minimum absolute atomic E-state index is 0.135. The summed E-state index contributed by atoms with van der Waals surface area (Å²) in [6.45, 7) is 3.90. The lowest BCUT2D eigenvalue weighted by Crippen LogP contribution is -2.32. The highest BCUT2D eigenvalue weighted by Crippen LogP contribution is 2.40. The Bertz CT molecular complexity index is 557. The second-order valence-corrected chi connectivity index (χ2v) is 7.29. The van der Waals surface area contributed by atoms with Crippen molar-refractivity contribution in [1.29, 1.82) is 0 Å². The molecule has 1 aromatic carbocycles. The van der Waals surface area contributed by atoms with E-state index in [4.69, 9.17) is 10.5 Å². The molecule has 0 atom stereocenters. The molecular weight excluding hydrogens is 305 g/mol. The highest BCUT2D eigenvalue weighted by atomic mass is 32.2. The molecule has 1 heterocycles. The Hall–Kier alpha value is -1.27.